The van der Waals surface area contributed by atoms with E-state index in [1.54, 1.807) is 18.5 Å². The quantitative estimate of drug-likeness (QED) is 0.610. The minimum atomic E-state index is 0.739. The van der Waals surface area contributed by atoms with Gasteiger partial charge in [0, 0.05) is 11.8 Å². The van der Waals surface area contributed by atoms with Gasteiger partial charge in [0.25, 0.3) is 0 Å². The molecule has 0 saturated heterocycles. The Bertz CT molecular complexity index is 315. The van der Waals surface area contributed by atoms with Crippen molar-refractivity contribution in [2.45, 2.75) is 0 Å². The van der Waals surface area contributed by atoms with Gasteiger partial charge in [0.1, 0.15) is 0 Å². The molecule has 11 heavy (non-hydrogen) atoms. The molecule has 2 heterocycles. The summed E-state index contributed by atoms with van der Waals surface area (Å²) in [5.41, 5.74) is 0.942. The predicted octanol–water partition coefficient (Wildman–Crippen LogP) is 1.54. The maximum absolute atomic E-state index is 5.06. The van der Waals surface area contributed by atoms with Crippen LogP contribution < -0.4 is 0 Å². The smallest absolute Gasteiger partial charge is 0.181 e. The lowest BCUT2D eigenvalue weighted by molar-refractivity contribution is 0.572. The summed E-state index contributed by atoms with van der Waals surface area (Å²) in [6.07, 6.45) is 7.43. The van der Waals surface area contributed by atoms with Crippen molar-refractivity contribution in [1.29, 1.82) is 0 Å². The van der Waals surface area contributed by atoms with Crippen LogP contribution in [0.2, 0.25) is 0 Å². The largest absolute Gasteiger partial charge is 0.444 e. The van der Waals surface area contributed by atoms with Gasteiger partial charge in [-0.3, -0.25) is 4.98 Å². The van der Waals surface area contributed by atoms with E-state index in [0.29, 0.717) is 0 Å². The number of hydrogen-bond donors (Lipinski definition) is 0. The fourth-order valence-electron chi connectivity index (χ4n) is 0.827. The molecule has 3 nitrogen and oxygen atoms in total. The molecule has 53 valence electrons. The highest BCUT2D eigenvalue weighted by atomic mass is 16.3. The van der Waals surface area contributed by atoms with Crippen molar-refractivity contribution in [3.63, 3.8) is 0 Å². The number of aromatic nitrogens is 2. The molecule has 2 aromatic rings. The molecule has 0 aliphatic heterocycles. The molecule has 1 radical (unpaired) electrons. The average Bonchev–Trinajstić information content (AvgIpc) is 2.58. The highest BCUT2D eigenvalue weighted by Crippen LogP contribution is 2.15. The van der Waals surface area contributed by atoms with Crippen molar-refractivity contribution in [2.24, 2.45) is 0 Å². The molecule has 0 spiro atoms. The van der Waals surface area contributed by atoms with E-state index in [1.165, 1.54) is 6.39 Å². The van der Waals surface area contributed by atoms with E-state index in [9.17, 15) is 0 Å². The van der Waals surface area contributed by atoms with Gasteiger partial charge in [-0.05, 0) is 12.1 Å². The van der Waals surface area contributed by atoms with Crippen molar-refractivity contribution in [3.05, 3.63) is 37.1 Å². The standard InChI is InChI=1S/C8H5N2O/c1-3-9-4-2-7(1)8-5-10-6-11-8/h1-3,5-6H. The van der Waals surface area contributed by atoms with E-state index in [4.69, 9.17) is 4.42 Å². The lowest BCUT2D eigenvalue weighted by Crippen LogP contribution is -1.73. The van der Waals surface area contributed by atoms with Gasteiger partial charge in [0.05, 0.1) is 12.4 Å². The zero-order valence-electron chi connectivity index (χ0n) is 5.69. The Kier molecular flexibility index (Phi) is 1.41. The number of rotatable bonds is 1. The molecule has 3 heteroatoms. The van der Waals surface area contributed by atoms with E-state index < -0.39 is 0 Å². The van der Waals surface area contributed by atoms with Crippen molar-refractivity contribution in [2.75, 3.05) is 0 Å². The molecule has 0 aromatic carbocycles. The Labute approximate surface area is 63.7 Å². The maximum atomic E-state index is 5.06. The van der Waals surface area contributed by atoms with E-state index in [-0.39, 0.29) is 0 Å². The molecule has 0 N–H and O–H groups in total. The van der Waals surface area contributed by atoms with Crippen LogP contribution in [-0.4, -0.2) is 9.97 Å². The van der Waals surface area contributed by atoms with E-state index in [0.717, 1.165) is 11.3 Å². The minimum Gasteiger partial charge on any atom is -0.444 e. The van der Waals surface area contributed by atoms with Crippen LogP contribution >= 0.6 is 0 Å². The summed E-state index contributed by atoms with van der Waals surface area (Å²) < 4.78 is 5.06. The van der Waals surface area contributed by atoms with Crippen LogP contribution in [0.5, 0.6) is 0 Å². The number of oxazole rings is 1. The highest BCUT2D eigenvalue weighted by molar-refractivity contribution is 5.54. The Morgan fingerprint density at radius 3 is 3.09 bits per heavy atom. The predicted molar refractivity (Wildman–Crippen MR) is 38.6 cm³/mol. The van der Waals surface area contributed by atoms with Crippen molar-refractivity contribution < 1.29 is 4.42 Å². The third-order valence-electron chi connectivity index (χ3n) is 1.34. The monoisotopic (exact) mass is 145 g/mol. The summed E-state index contributed by atoms with van der Waals surface area (Å²) in [7, 11) is 0. The Hall–Kier alpha value is -1.64. The molecule has 0 bridgehead atoms. The molecule has 0 fully saturated rings. The Morgan fingerprint density at radius 1 is 1.45 bits per heavy atom. The summed E-state index contributed by atoms with van der Waals surface area (Å²) >= 11 is 0. The SMILES string of the molecule is [c]1cc(-c2cnco2)ccn1. The van der Waals surface area contributed by atoms with Gasteiger partial charge < -0.3 is 4.42 Å². The molecule has 0 saturated carbocycles. The van der Waals surface area contributed by atoms with E-state index >= 15 is 0 Å². The highest BCUT2D eigenvalue weighted by Gasteiger charge is 1.97. The van der Waals surface area contributed by atoms with Gasteiger partial charge in [-0.25, -0.2) is 4.98 Å². The van der Waals surface area contributed by atoms with Crippen LogP contribution in [0.15, 0.2) is 35.3 Å². The molecule has 0 aliphatic rings. The molecular weight excluding hydrogens is 140 g/mol. The van der Waals surface area contributed by atoms with Crippen LogP contribution in [0.1, 0.15) is 0 Å². The van der Waals surface area contributed by atoms with Gasteiger partial charge in [-0.1, -0.05) is 0 Å². The Morgan fingerprint density at radius 2 is 2.45 bits per heavy atom. The van der Waals surface area contributed by atoms with Gasteiger partial charge in [0.15, 0.2) is 12.2 Å². The summed E-state index contributed by atoms with van der Waals surface area (Å²) in [5, 5.41) is 0. The summed E-state index contributed by atoms with van der Waals surface area (Å²) in [5.74, 6) is 0.739. The van der Waals surface area contributed by atoms with Crippen molar-refractivity contribution in [3.8, 4) is 11.3 Å². The molecule has 2 aromatic heterocycles. The number of hydrogen-bond acceptors (Lipinski definition) is 3. The molecule has 0 unspecified atom stereocenters. The summed E-state index contributed by atoms with van der Waals surface area (Å²) in [4.78, 5) is 7.57. The zero-order valence-corrected chi connectivity index (χ0v) is 5.69. The van der Waals surface area contributed by atoms with E-state index in [1.807, 2.05) is 6.07 Å². The first kappa shape index (κ1) is 6.09. The van der Waals surface area contributed by atoms with Gasteiger partial charge >= 0.3 is 0 Å². The first-order valence-electron chi connectivity index (χ1n) is 3.18. The fraction of sp³-hybridized carbons (Fsp3) is 0. The summed E-state index contributed by atoms with van der Waals surface area (Å²) in [6.45, 7) is 0. The molecule has 0 amide bonds. The topological polar surface area (TPSA) is 38.9 Å². The summed E-state index contributed by atoms with van der Waals surface area (Å²) in [6, 6.07) is 3.59. The van der Waals surface area contributed by atoms with Gasteiger partial charge in [-0.15, -0.1) is 0 Å². The Balaban J connectivity index is 2.46. The molecule has 0 atom stereocenters. The average molecular weight is 145 g/mol. The first-order valence-corrected chi connectivity index (χ1v) is 3.18. The fourth-order valence-corrected chi connectivity index (χ4v) is 0.827. The van der Waals surface area contributed by atoms with Gasteiger partial charge in [0.2, 0.25) is 0 Å². The maximum Gasteiger partial charge on any atom is 0.181 e. The van der Waals surface area contributed by atoms with Gasteiger partial charge in [-0.2, -0.15) is 0 Å². The second-order valence-corrected chi connectivity index (χ2v) is 2.04. The van der Waals surface area contributed by atoms with Crippen LogP contribution in [0.4, 0.5) is 0 Å². The van der Waals surface area contributed by atoms with Crippen molar-refractivity contribution >= 4 is 0 Å². The first-order chi connectivity index (χ1) is 5.47. The third-order valence-corrected chi connectivity index (χ3v) is 1.34. The molecule has 0 aliphatic carbocycles. The van der Waals surface area contributed by atoms with Crippen LogP contribution in [0, 0.1) is 6.20 Å². The lowest BCUT2D eigenvalue weighted by Gasteiger charge is -1.90. The minimum absolute atomic E-state index is 0.739. The third kappa shape index (κ3) is 1.12. The second kappa shape index (κ2) is 2.54. The van der Waals surface area contributed by atoms with Crippen LogP contribution in [-0.2, 0) is 0 Å². The van der Waals surface area contributed by atoms with E-state index in [2.05, 4.69) is 16.2 Å². The normalized spacial score (nSPS) is 9.82. The molecular formula is C8H5N2O. The number of nitrogens with zero attached hydrogens (tertiary/aromatic N) is 2. The number of pyridine rings is 1. The van der Waals surface area contributed by atoms with Crippen LogP contribution in [0.25, 0.3) is 11.3 Å². The molecule has 2 rings (SSSR count). The van der Waals surface area contributed by atoms with Crippen molar-refractivity contribution in [1.82, 2.24) is 9.97 Å². The second-order valence-electron chi connectivity index (χ2n) is 2.04. The lowest BCUT2D eigenvalue weighted by atomic mass is 10.2. The zero-order chi connectivity index (χ0) is 7.52. The van der Waals surface area contributed by atoms with Crippen LogP contribution in [0.3, 0.4) is 0 Å².